The lowest BCUT2D eigenvalue weighted by molar-refractivity contribution is -0.138. The molecule has 1 heterocycles. The van der Waals surface area contributed by atoms with E-state index in [1.54, 1.807) is 6.07 Å². The number of unbranched alkanes of at least 4 members (excludes halogenated alkanes) is 1. The molecule has 2 N–H and O–H groups in total. The van der Waals surface area contributed by atoms with Crippen molar-refractivity contribution in [1.82, 2.24) is 10.2 Å². The van der Waals surface area contributed by atoms with Crippen molar-refractivity contribution >= 4 is 11.3 Å². The maximum atomic E-state index is 13.5. The van der Waals surface area contributed by atoms with Crippen LogP contribution < -0.4 is 10.5 Å². The highest BCUT2D eigenvalue weighted by molar-refractivity contribution is 7.14. The Labute approximate surface area is 167 Å². The third-order valence-electron chi connectivity index (χ3n) is 4.02. The number of aromatic nitrogens is 2. The summed E-state index contributed by atoms with van der Waals surface area (Å²) >= 11 is 1.21. The molecule has 28 heavy (non-hydrogen) atoms. The van der Waals surface area contributed by atoms with Gasteiger partial charge in [-0.3, -0.25) is 0 Å². The lowest BCUT2D eigenvalue weighted by Crippen LogP contribution is -2.10. The fourth-order valence-electron chi connectivity index (χ4n) is 2.42. The number of hydrogen-bond donors (Lipinski definition) is 1. The van der Waals surface area contributed by atoms with Crippen LogP contribution >= 0.6 is 11.3 Å². The molecule has 0 bridgehead atoms. The second-order valence-electron chi connectivity index (χ2n) is 6.34. The second kappa shape index (κ2) is 10.7. The minimum atomic E-state index is -4.52. The molecule has 9 heteroatoms. The Morgan fingerprint density at radius 2 is 1.86 bits per heavy atom. The molecule has 0 saturated carbocycles. The molecule has 0 fully saturated rings. The normalized spacial score (nSPS) is 12.9. The molecule has 1 aromatic heterocycles. The van der Waals surface area contributed by atoms with Crippen LogP contribution in [0.4, 0.5) is 13.2 Å². The van der Waals surface area contributed by atoms with Crippen LogP contribution in [0, 0.1) is 0 Å². The summed E-state index contributed by atoms with van der Waals surface area (Å²) in [7, 11) is 0. The highest BCUT2D eigenvalue weighted by Gasteiger charge is 2.35. The summed E-state index contributed by atoms with van der Waals surface area (Å²) in [6.07, 6.45) is -1.54. The van der Waals surface area contributed by atoms with Gasteiger partial charge in [0, 0.05) is 18.8 Å². The van der Waals surface area contributed by atoms with E-state index in [9.17, 15) is 13.2 Å². The zero-order chi connectivity index (χ0) is 20.6. The van der Waals surface area contributed by atoms with Crippen LogP contribution in [0.5, 0.6) is 5.75 Å². The van der Waals surface area contributed by atoms with E-state index in [0.717, 1.165) is 18.9 Å². The number of alkyl halides is 3. The number of rotatable bonds is 11. The van der Waals surface area contributed by atoms with E-state index in [-0.39, 0.29) is 18.4 Å². The van der Waals surface area contributed by atoms with Gasteiger partial charge >= 0.3 is 6.18 Å². The number of benzene rings is 1. The summed E-state index contributed by atoms with van der Waals surface area (Å²) < 4.78 is 51.2. The summed E-state index contributed by atoms with van der Waals surface area (Å²) in [5.41, 5.74) is 5.45. The first kappa shape index (κ1) is 22.6. The Kier molecular flexibility index (Phi) is 8.65. The van der Waals surface area contributed by atoms with Crippen molar-refractivity contribution in [3.05, 3.63) is 28.8 Å². The Balaban J connectivity index is 2.08. The van der Waals surface area contributed by atoms with Gasteiger partial charge in [-0.1, -0.05) is 25.2 Å². The number of hydrogen-bond acceptors (Lipinski definition) is 6. The third kappa shape index (κ3) is 6.42. The molecule has 0 radical (unpaired) electrons. The predicted molar refractivity (Wildman–Crippen MR) is 103 cm³/mol. The summed E-state index contributed by atoms with van der Waals surface area (Å²) in [5, 5.41) is 8.99. The van der Waals surface area contributed by atoms with Crippen LogP contribution in [0.2, 0.25) is 0 Å². The summed E-state index contributed by atoms with van der Waals surface area (Å²) in [4.78, 5) is 0. The van der Waals surface area contributed by atoms with Gasteiger partial charge < -0.3 is 15.2 Å². The van der Waals surface area contributed by atoms with E-state index in [0.29, 0.717) is 41.6 Å². The summed E-state index contributed by atoms with van der Waals surface area (Å²) in [6.45, 7) is 5.41. The van der Waals surface area contributed by atoms with Crippen LogP contribution in [0.1, 0.15) is 56.1 Å². The Hall–Kier alpha value is -1.71. The van der Waals surface area contributed by atoms with Crippen molar-refractivity contribution in [3.8, 4) is 16.3 Å². The van der Waals surface area contributed by atoms with Crippen LogP contribution in [-0.2, 0) is 10.9 Å². The summed E-state index contributed by atoms with van der Waals surface area (Å²) in [5.74, 6) is -0.180. The molecule has 1 aromatic carbocycles. The van der Waals surface area contributed by atoms with Crippen molar-refractivity contribution < 1.29 is 22.6 Å². The van der Waals surface area contributed by atoms with Gasteiger partial charge in [-0.15, -0.1) is 10.2 Å². The van der Waals surface area contributed by atoms with Gasteiger partial charge in [-0.2, -0.15) is 13.2 Å². The SMILES string of the molecule is CCCOCCCCOc1ccc(-c2nnc([C@@H](N)CC)s2)cc1C(F)(F)F. The standard InChI is InChI=1S/C19H26F3N3O2S/c1-3-9-26-10-5-6-11-27-16-8-7-13(12-14(16)19(20,21)22)17-24-25-18(28-17)15(23)4-2/h7-8,12,15H,3-6,9-11,23H2,1-2H3/t15-/m0/s1. The second-order valence-corrected chi connectivity index (χ2v) is 7.35. The minimum absolute atomic E-state index is 0.180. The fourth-order valence-corrected chi connectivity index (χ4v) is 3.35. The summed E-state index contributed by atoms with van der Waals surface area (Å²) in [6, 6.07) is 3.70. The minimum Gasteiger partial charge on any atom is -0.493 e. The molecule has 2 rings (SSSR count). The third-order valence-corrected chi connectivity index (χ3v) is 5.12. The Bertz CT molecular complexity index is 737. The Morgan fingerprint density at radius 1 is 1.11 bits per heavy atom. The molecule has 0 aliphatic rings. The van der Waals surface area contributed by atoms with Gasteiger partial charge in [0.25, 0.3) is 0 Å². The molecule has 0 aliphatic heterocycles. The highest BCUT2D eigenvalue weighted by Crippen LogP contribution is 2.39. The lowest BCUT2D eigenvalue weighted by atomic mass is 10.1. The van der Waals surface area contributed by atoms with E-state index in [1.165, 1.54) is 17.4 Å². The van der Waals surface area contributed by atoms with Crippen LogP contribution in [-0.4, -0.2) is 30.0 Å². The molecule has 0 unspecified atom stereocenters. The van der Waals surface area contributed by atoms with E-state index in [1.807, 2.05) is 13.8 Å². The number of nitrogens with zero attached hydrogens (tertiary/aromatic N) is 2. The van der Waals surface area contributed by atoms with E-state index in [4.69, 9.17) is 15.2 Å². The van der Waals surface area contributed by atoms with Crippen LogP contribution in [0.15, 0.2) is 18.2 Å². The molecule has 1 atom stereocenters. The lowest BCUT2D eigenvalue weighted by Gasteiger charge is -2.15. The topological polar surface area (TPSA) is 70.3 Å². The quantitative estimate of drug-likeness (QED) is 0.508. The van der Waals surface area contributed by atoms with Crippen LogP contribution in [0.3, 0.4) is 0 Å². The zero-order valence-corrected chi connectivity index (χ0v) is 16.9. The van der Waals surface area contributed by atoms with Gasteiger partial charge in [-0.05, 0) is 43.9 Å². The molecule has 156 valence electrons. The van der Waals surface area contributed by atoms with Gasteiger partial charge in [0.15, 0.2) is 0 Å². The van der Waals surface area contributed by atoms with E-state index >= 15 is 0 Å². The maximum Gasteiger partial charge on any atom is 0.419 e. The largest absolute Gasteiger partial charge is 0.493 e. The molecular formula is C19H26F3N3O2S. The zero-order valence-electron chi connectivity index (χ0n) is 16.1. The fraction of sp³-hybridized carbons (Fsp3) is 0.579. The van der Waals surface area contributed by atoms with Gasteiger partial charge in [0.2, 0.25) is 0 Å². The average Bonchev–Trinajstić information content (AvgIpc) is 3.16. The first-order chi connectivity index (χ1) is 13.4. The molecule has 2 aromatic rings. The molecular weight excluding hydrogens is 391 g/mol. The monoisotopic (exact) mass is 417 g/mol. The van der Waals surface area contributed by atoms with Crippen LogP contribution in [0.25, 0.3) is 10.6 Å². The van der Waals surface area contributed by atoms with Gasteiger partial charge in [-0.25, -0.2) is 0 Å². The molecule has 0 saturated heterocycles. The first-order valence-electron chi connectivity index (χ1n) is 9.38. The van der Waals surface area contributed by atoms with Crippen molar-refractivity contribution in [2.24, 2.45) is 5.73 Å². The maximum absolute atomic E-state index is 13.5. The van der Waals surface area contributed by atoms with Gasteiger partial charge in [0.1, 0.15) is 15.8 Å². The van der Waals surface area contributed by atoms with E-state index < -0.39 is 11.7 Å². The number of halogens is 3. The predicted octanol–water partition coefficient (Wildman–Crippen LogP) is 5.22. The van der Waals surface area contributed by atoms with Gasteiger partial charge in [0.05, 0.1) is 18.2 Å². The molecule has 0 spiro atoms. The molecule has 0 aliphatic carbocycles. The van der Waals surface area contributed by atoms with Crippen molar-refractivity contribution in [2.45, 2.75) is 51.7 Å². The highest BCUT2D eigenvalue weighted by atomic mass is 32.1. The van der Waals surface area contributed by atoms with Crippen molar-refractivity contribution in [2.75, 3.05) is 19.8 Å². The first-order valence-corrected chi connectivity index (χ1v) is 10.2. The van der Waals surface area contributed by atoms with Crippen molar-refractivity contribution in [1.29, 1.82) is 0 Å². The van der Waals surface area contributed by atoms with E-state index in [2.05, 4.69) is 10.2 Å². The number of ether oxygens (including phenoxy) is 2. The number of nitrogens with two attached hydrogens (primary N) is 1. The molecule has 5 nitrogen and oxygen atoms in total. The average molecular weight is 417 g/mol. The molecule has 0 amide bonds. The smallest absolute Gasteiger partial charge is 0.419 e. The Morgan fingerprint density at radius 3 is 2.54 bits per heavy atom. The van der Waals surface area contributed by atoms with Crippen molar-refractivity contribution in [3.63, 3.8) is 0 Å².